The Balaban J connectivity index is 3.03. The van der Waals surface area contributed by atoms with Gasteiger partial charge in [-0.05, 0) is 30.4 Å². The fourth-order valence-corrected chi connectivity index (χ4v) is 3.38. The molecule has 18 heavy (non-hydrogen) atoms. The van der Waals surface area contributed by atoms with Gasteiger partial charge in [0.1, 0.15) is 0 Å². The third-order valence-electron chi connectivity index (χ3n) is 3.68. The van der Waals surface area contributed by atoms with E-state index in [0.29, 0.717) is 19.3 Å². The monoisotopic (exact) mass is 268 g/mol. The lowest BCUT2D eigenvalue weighted by molar-refractivity contribution is 0.311. The van der Waals surface area contributed by atoms with Gasteiger partial charge in [-0.2, -0.15) is 0 Å². The largest absolute Gasteiger partial charge is 0.331 e. The van der Waals surface area contributed by atoms with E-state index < -0.39 is 12.8 Å². The van der Waals surface area contributed by atoms with Crippen LogP contribution in [0.4, 0.5) is 0 Å². The minimum absolute atomic E-state index is 0.404. The highest BCUT2D eigenvalue weighted by Gasteiger charge is 2.43. The highest BCUT2D eigenvalue weighted by atomic mass is 31.2. The van der Waals surface area contributed by atoms with Gasteiger partial charge in [0.05, 0.1) is 5.16 Å². The summed E-state index contributed by atoms with van der Waals surface area (Å²) in [7, 11) is -4.11. The molecule has 0 bridgehead atoms. The number of hydrogen-bond acceptors (Lipinski definition) is 1. The summed E-state index contributed by atoms with van der Waals surface area (Å²) in [5.74, 6) is 0. The smallest absolute Gasteiger partial charge is 0.324 e. The van der Waals surface area contributed by atoms with Crippen LogP contribution in [0.2, 0.25) is 0 Å². The summed E-state index contributed by atoms with van der Waals surface area (Å²) in [6.45, 7) is 7.35. The molecule has 3 nitrogen and oxygen atoms in total. The molecule has 0 aromatic heterocycles. The zero-order valence-corrected chi connectivity index (χ0v) is 11.9. The van der Waals surface area contributed by atoms with Gasteiger partial charge in [0, 0.05) is 0 Å². The molecule has 0 radical (unpaired) electrons. The van der Waals surface area contributed by atoms with E-state index in [9.17, 15) is 14.4 Å². The second kappa shape index (κ2) is 5.83. The third-order valence-corrected chi connectivity index (χ3v) is 5.71. The summed E-state index contributed by atoms with van der Waals surface area (Å²) >= 11 is 0. The van der Waals surface area contributed by atoms with Crippen LogP contribution in [0, 0.1) is 0 Å². The minimum atomic E-state index is -4.11. The van der Waals surface area contributed by atoms with Gasteiger partial charge in [-0.25, -0.2) is 0 Å². The van der Waals surface area contributed by atoms with E-state index in [4.69, 9.17) is 0 Å². The summed E-state index contributed by atoms with van der Waals surface area (Å²) in [5, 5.41) is -0.942. The Hall–Kier alpha value is -0.890. The van der Waals surface area contributed by atoms with Crippen LogP contribution < -0.4 is 0 Å². The molecule has 0 spiro atoms. The molecule has 0 saturated heterocycles. The average molecular weight is 268 g/mol. The predicted molar refractivity (Wildman–Crippen MR) is 75.6 cm³/mol. The Morgan fingerprint density at radius 2 is 1.72 bits per heavy atom. The van der Waals surface area contributed by atoms with E-state index in [1.165, 1.54) is 0 Å². The van der Waals surface area contributed by atoms with E-state index in [-0.39, 0.29) is 0 Å². The highest BCUT2D eigenvalue weighted by Crippen LogP contribution is 2.56. The van der Waals surface area contributed by atoms with Crippen LogP contribution in [0.25, 0.3) is 6.08 Å². The van der Waals surface area contributed by atoms with Gasteiger partial charge in [0.2, 0.25) is 0 Å². The van der Waals surface area contributed by atoms with E-state index in [1.54, 1.807) is 6.08 Å². The van der Waals surface area contributed by atoms with Gasteiger partial charge in [-0.3, -0.25) is 4.57 Å². The molecule has 4 heteroatoms. The molecule has 1 aromatic carbocycles. The van der Waals surface area contributed by atoms with Crippen molar-refractivity contribution in [3.8, 4) is 0 Å². The van der Waals surface area contributed by atoms with Gasteiger partial charge in [-0.15, -0.1) is 0 Å². The fourth-order valence-electron chi connectivity index (χ4n) is 2.17. The molecular weight excluding hydrogens is 247 g/mol. The molecule has 1 rings (SSSR count). The van der Waals surface area contributed by atoms with E-state index in [1.807, 2.05) is 38.1 Å². The Labute approximate surface area is 109 Å². The molecule has 0 fully saturated rings. The van der Waals surface area contributed by atoms with Gasteiger partial charge in [0.25, 0.3) is 0 Å². The lowest BCUT2D eigenvalue weighted by Crippen LogP contribution is -2.30. The summed E-state index contributed by atoms with van der Waals surface area (Å²) < 4.78 is 11.7. The van der Waals surface area contributed by atoms with Crippen molar-refractivity contribution in [3.05, 3.63) is 42.0 Å². The maximum atomic E-state index is 11.7. The molecule has 0 atom stereocenters. The van der Waals surface area contributed by atoms with Crippen LogP contribution in [0.15, 0.2) is 30.8 Å². The first-order chi connectivity index (χ1) is 8.38. The molecule has 0 saturated carbocycles. The highest BCUT2D eigenvalue weighted by molar-refractivity contribution is 7.53. The van der Waals surface area contributed by atoms with Crippen molar-refractivity contribution in [1.29, 1.82) is 0 Å². The van der Waals surface area contributed by atoms with Gasteiger partial charge >= 0.3 is 7.60 Å². The molecule has 0 aliphatic rings. The van der Waals surface area contributed by atoms with Gasteiger partial charge in [0.15, 0.2) is 0 Å². The van der Waals surface area contributed by atoms with Crippen LogP contribution in [0.3, 0.4) is 0 Å². The van der Waals surface area contributed by atoms with E-state index >= 15 is 0 Å². The Morgan fingerprint density at radius 1 is 1.22 bits per heavy atom. The van der Waals surface area contributed by atoms with Gasteiger partial charge in [-0.1, -0.05) is 50.8 Å². The first-order valence-electron chi connectivity index (χ1n) is 6.15. The summed E-state index contributed by atoms with van der Waals surface area (Å²) in [4.78, 5) is 19.2. The van der Waals surface area contributed by atoms with E-state index in [2.05, 4.69) is 6.58 Å². The van der Waals surface area contributed by atoms with Crippen molar-refractivity contribution in [3.63, 3.8) is 0 Å². The van der Waals surface area contributed by atoms with Gasteiger partial charge < -0.3 is 9.79 Å². The first kappa shape index (κ1) is 15.2. The molecule has 0 aliphatic carbocycles. The lowest BCUT2D eigenvalue weighted by Gasteiger charge is -2.32. The summed E-state index contributed by atoms with van der Waals surface area (Å²) in [6, 6.07) is 7.65. The van der Waals surface area contributed by atoms with Crippen molar-refractivity contribution >= 4 is 13.7 Å². The topological polar surface area (TPSA) is 57.5 Å². The Bertz CT molecular complexity index is 441. The standard InChI is InChI=1S/C14H21O3P/c1-4-12-7-9-13(10-8-12)11-14(5-2,6-3)18(15,16)17/h4,7-10H,1,5-6,11H2,2-3H3,(H2,15,16,17). The second-order valence-electron chi connectivity index (χ2n) is 4.60. The molecule has 1 aromatic rings. The van der Waals surface area contributed by atoms with Crippen LogP contribution >= 0.6 is 7.60 Å². The van der Waals surface area contributed by atoms with Crippen molar-refractivity contribution in [1.82, 2.24) is 0 Å². The second-order valence-corrected chi connectivity index (χ2v) is 6.63. The average Bonchev–Trinajstić information content (AvgIpc) is 2.35. The number of hydrogen-bond donors (Lipinski definition) is 2. The lowest BCUT2D eigenvalue weighted by atomic mass is 9.93. The minimum Gasteiger partial charge on any atom is -0.324 e. The molecule has 2 N–H and O–H groups in total. The maximum absolute atomic E-state index is 11.7. The molecule has 0 aliphatic heterocycles. The summed E-state index contributed by atoms with van der Waals surface area (Å²) in [5.41, 5.74) is 1.96. The molecule has 0 heterocycles. The maximum Gasteiger partial charge on any atom is 0.331 e. The SMILES string of the molecule is C=Cc1ccc(CC(CC)(CC)P(=O)(O)O)cc1. The Kier molecular flexibility index (Phi) is 4.92. The number of benzene rings is 1. The third kappa shape index (κ3) is 3.11. The molecule has 0 unspecified atom stereocenters. The molecule has 0 amide bonds. The fraction of sp³-hybridized carbons (Fsp3) is 0.429. The predicted octanol–water partition coefficient (Wildman–Crippen LogP) is 3.61. The van der Waals surface area contributed by atoms with Crippen molar-refractivity contribution in [2.75, 3.05) is 0 Å². The Morgan fingerprint density at radius 3 is 2.06 bits per heavy atom. The molecule has 100 valence electrons. The van der Waals surface area contributed by atoms with Crippen LogP contribution in [-0.4, -0.2) is 14.9 Å². The van der Waals surface area contributed by atoms with Crippen molar-refractivity contribution in [2.24, 2.45) is 0 Å². The van der Waals surface area contributed by atoms with Crippen LogP contribution in [-0.2, 0) is 11.0 Å². The van der Waals surface area contributed by atoms with Crippen LogP contribution in [0.1, 0.15) is 37.8 Å². The quantitative estimate of drug-likeness (QED) is 0.775. The first-order valence-corrected chi connectivity index (χ1v) is 7.77. The summed E-state index contributed by atoms with van der Waals surface area (Å²) in [6.07, 6.45) is 3.09. The van der Waals surface area contributed by atoms with Crippen LogP contribution in [0.5, 0.6) is 0 Å². The van der Waals surface area contributed by atoms with Crippen molar-refractivity contribution < 1.29 is 14.4 Å². The van der Waals surface area contributed by atoms with Crippen molar-refractivity contribution in [2.45, 2.75) is 38.3 Å². The zero-order chi connectivity index (χ0) is 13.8. The molecular formula is C14H21O3P. The zero-order valence-electron chi connectivity index (χ0n) is 11.0. The number of rotatable bonds is 6. The van der Waals surface area contributed by atoms with E-state index in [0.717, 1.165) is 11.1 Å². The normalized spacial score (nSPS) is 12.4.